The van der Waals surface area contributed by atoms with Gasteiger partial charge in [-0.15, -0.1) is 10.2 Å². The Balaban J connectivity index is 1.15. The summed E-state index contributed by atoms with van der Waals surface area (Å²) in [5.41, 5.74) is 9.83. The number of rotatable bonds is 11. The minimum atomic E-state index is -3.51. The first-order valence-corrected chi connectivity index (χ1v) is 19.9. The Bertz CT molecular complexity index is 2080. The molecule has 2 amide bonds. The van der Waals surface area contributed by atoms with Crippen LogP contribution in [0.2, 0.25) is 0 Å². The number of fused-ring (bicyclic) bond motifs is 2. The predicted octanol–water partition coefficient (Wildman–Crippen LogP) is 5.54. The zero-order chi connectivity index (χ0) is 37.8. The zero-order valence-corrected chi connectivity index (χ0v) is 31.8. The number of aryl methyl sites for hydroxylation is 1. The lowest BCUT2D eigenvalue weighted by Gasteiger charge is -2.33. The van der Waals surface area contributed by atoms with Gasteiger partial charge >= 0.3 is 6.03 Å². The Morgan fingerprint density at radius 2 is 1.87 bits per heavy atom. The molecule has 4 N–H and O–H groups in total. The van der Waals surface area contributed by atoms with Crippen molar-refractivity contribution in [3.05, 3.63) is 77.9 Å². The third-order valence-corrected chi connectivity index (χ3v) is 10.1. The normalized spacial score (nSPS) is 19.9. The van der Waals surface area contributed by atoms with Crippen LogP contribution in [-0.2, 0) is 20.8 Å². The molecule has 284 valence electrons. The second-order valence-electron chi connectivity index (χ2n) is 14.8. The van der Waals surface area contributed by atoms with Crippen molar-refractivity contribution in [3.8, 4) is 5.75 Å². The van der Waals surface area contributed by atoms with Crippen LogP contribution in [0.3, 0.4) is 0 Å². The Morgan fingerprint density at radius 1 is 1.08 bits per heavy atom. The van der Waals surface area contributed by atoms with Gasteiger partial charge in [0.2, 0.25) is 5.95 Å². The Hall–Kier alpha value is -4.96. The first-order chi connectivity index (χ1) is 25.2. The second kappa shape index (κ2) is 16.0. The number of ether oxygens (including phenoxy) is 1. The van der Waals surface area contributed by atoms with Gasteiger partial charge in [0.05, 0.1) is 37.5 Å². The molecule has 1 aromatic carbocycles. The van der Waals surface area contributed by atoms with Crippen LogP contribution < -0.4 is 26.0 Å². The number of allylic oxidation sites excluding steroid dienone is 1. The van der Waals surface area contributed by atoms with Crippen molar-refractivity contribution in [2.45, 2.75) is 91.0 Å². The molecule has 4 aromatic rings. The van der Waals surface area contributed by atoms with Crippen molar-refractivity contribution in [1.29, 1.82) is 0 Å². The predicted molar refractivity (Wildman–Crippen MR) is 204 cm³/mol. The number of urea groups is 1. The fourth-order valence-corrected chi connectivity index (χ4v) is 7.01. The van der Waals surface area contributed by atoms with E-state index in [1.54, 1.807) is 23.2 Å². The lowest BCUT2D eigenvalue weighted by molar-refractivity contribution is 0.171. The van der Waals surface area contributed by atoms with E-state index in [1.807, 2.05) is 61.7 Å². The minimum Gasteiger partial charge on any atom is -0.484 e. The fraction of sp³-hybridized carbons (Fsp3) is 0.486. The van der Waals surface area contributed by atoms with E-state index in [0.29, 0.717) is 43.2 Å². The molecule has 1 aliphatic carbocycles. The molecular weight excluding hydrogens is 697 g/mol. The number of piperidine rings is 1. The van der Waals surface area contributed by atoms with Crippen molar-refractivity contribution in [2.24, 2.45) is 16.1 Å². The SMILES string of the molecule is C[C@H]1CCCCN1c1nnc2ccc(O[C@@H]3CC[C@H](NC(=O)NC(C=C(N)C(C)(C)C)=Nc4cnn(CCCOS(C)(=O)=O)c4)c4ccccc43)cn12. The van der Waals surface area contributed by atoms with Gasteiger partial charge in [-0.25, -0.2) is 9.79 Å². The summed E-state index contributed by atoms with van der Waals surface area (Å²) < 4.78 is 37.6. The van der Waals surface area contributed by atoms with Gasteiger partial charge in [0.1, 0.15) is 23.4 Å². The number of nitrogens with two attached hydrogens (primary N) is 1. The molecule has 2 aliphatic rings. The first-order valence-electron chi connectivity index (χ1n) is 18.1. The molecule has 0 radical (unpaired) electrons. The van der Waals surface area contributed by atoms with Crippen molar-refractivity contribution in [3.63, 3.8) is 0 Å². The monoisotopic (exact) mass is 746 g/mol. The van der Waals surface area contributed by atoms with Crippen LogP contribution in [0.5, 0.6) is 5.75 Å². The van der Waals surface area contributed by atoms with Crippen LogP contribution in [0.4, 0.5) is 16.4 Å². The highest BCUT2D eigenvalue weighted by Crippen LogP contribution is 2.39. The number of hydrogen-bond donors (Lipinski definition) is 3. The minimum absolute atomic E-state index is 0.0460. The average Bonchev–Trinajstić information content (AvgIpc) is 3.73. The molecular formula is C37H50N10O5S. The van der Waals surface area contributed by atoms with Gasteiger partial charge in [-0.2, -0.15) is 13.5 Å². The molecule has 1 fully saturated rings. The third kappa shape index (κ3) is 9.73. The highest BCUT2D eigenvalue weighted by Gasteiger charge is 2.30. The number of hydrogen-bond acceptors (Lipinski definition) is 11. The van der Waals surface area contributed by atoms with Gasteiger partial charge in [-0.05, 0) is 68.7 Å². The molecule has 53 heavy (non-hydrogen) atoms. The Morgan fingerprint density at radius 3 is 2.62 bits per heavy atom. The molecule has 6 rings (SSSR count). The molecule has 0 saturated carbocycles. The zero-order valence-electron chi connectivity index (χ0n) is 31.0. The molecule has 4 heterocycles. The highest BCUT2D eigenvalue weighted by atomic mass is 32.2. The number of nitrogens with one attached hydrogen (secondary N) is 2. The van der Waals surface area contributed by atoms with Crippen LogP contribution in [-0.4, -0.2) is 70.1 Å². The van der Waals surface area contributed by atoms with Crippen molar-refractivity contribution in [1.82, 2.24) is 35.0 Å². The van der Waals surface area contributed by atoms with Crippen LogP contribution in [0, 0.1) is 5.41 Å². The van der Waals surface area contributed by atoms with Crippen molar-refractivity contribution >= 4 is 39.3 Å². The van der Waals surface area contributed by atoms with Gasteiger partial charge in [0, 0.05) is 36.3 Å². The Labute approximate surface area is 310 Å². The lowest BCUT2D eigenvalue weighted by Crippen LogP contribution is -2.42. The van der Waals surface area contributed by atoms with Gasteiger partial charge in [0.25, 0.3) is 10.1 Å². The number of amidine groups is 1. The maximum Gasteiger partial charge on any atom is 0.320 e. The average molecular weight is 747 g/mol. The summed E-state index contributed by atoms with van der Waals surface area (Å²) in [5.74, 6) is 1.81. The number of nitrogens with zero attached hydrogens (tertiary/aromatic N) is 7. The largest absolute Gasteiger partial charge is 0.484 e. The molecule has 0 spiro atoms. The molecule has 3 atom stereocenters. The molecule has 1 aliphatic heterocycles. The van der Waals surface area contributed by atoms with Crippen LogP contribution in [0.25, 0.3) is 5.65 Å². The quantitative estimate of drug-likeness (QED) is 0.0762. The molecule has 0 unspecified atom stereocenters. The van der Waals surface area contributed by atoms with Crippen LogP contribution in [0.15, 0.2) is 71.8 Å². The number of pyridine rings is 1. The number of carbonyl (C=O) groups is 1. The first kappa shape index (κ1) is 37.8. The van der Waals surface area contributed by atoms with Crippen molar-refractivity contribution in [2.75, 3.05) is 24.3 Å². The van der Waals surface area contributed by atoms with E-state index >= 15 is 0 Å². The van der Waals surface area contributed by atoms with Crippen LogP contribution >= 0.6 is 0 Å². The summed E-state index contributed by atoms with van der Waals surface area (Å²) in [4.78, 5) is 20.5. The van der Waals surface area contributed by atoms with Crippen molar-refractivity contribution < 1.29 is 22.1 Å². The summed E-state index contributed by atoms with van der Waals surface area (Å²) in [6.45, 7) is 9.59. The molecule has 15 nitrogen and oxygen atoms in total. The number of benzene rings is 1. The van der Waals surface area contributed by atoms with E-state index in [2.05, 4.69) is 48.8 Å². The highest BCUT2D eigenvalue weighted by molar-refractivity contribution is 7.85. The van der Waals surface area contributed by atoms with E-state index in [-0.39, 0.29) is 30.0 Å². The van der Waals surface area contributed by atoms with E-state index in [4.69, 9.17) is 14.7 Å². The maximum absolute atomic E-state index is 13.6. The van der Waals surface area contributed by atoms with E-state index in [1.165, 1.54) is 6.42 Å². The topological polar surface area (TPSA) is 183 Å². The number of aliphatic imine (C=N–C) groups is 1. The molecule has 16 heteroatoms. The summed E-state index contributed by atoms with van der Waals surface area (Å²) in [6, 6.07) is 11.6. The fourth-order valence-electron chi connectivity index (χ4n) is 6.59. The van der Waals surface area contributed by atoms with E-state index in [0.717, 1.165) is 54.1 Å². The van der Waals surface area contributed by atoms with Crippen LogP contribution in [0.1, 0.15) is 89.5 Å². The number of aromatic nitrogens is 5. The summed E-state index contributed by atoms with van der Waals surface area (Å²) in [6.07, 6.45) is 13.0. The molecule has 3 aromatic heterocycles. The van der Waals surface area contributed by atoms with Gasteiger partial charge in [-0.3, -0.25) is 18.6 Å². The summed E-state index contributed by atoms with van der Waals surface area (Å²) in [5, 5.41) is 19.3. The number of anilines is 1. The molecule has 0 bridgehead atoms. The van der Waals surface area contributed by atoms with Gasteiger partial charge in [0.15, 0.2) is 5.65 Å². The standard InChI is InChI=1S/C37H50N10O5S/c1-25-11-8-9-19-46(25)36-44-43-34-17-14-27(24-47(34)36)52-31-16-15-30(28-12-6-7-13-29(28)31)41-35(48)42-33(21-32(38)37(2,3)4)40-26-22-39-45(23-26)18-10-20-51-53(5,49)50/h6-7,12-14,17,21-25,30-31H,8-11,15-16,18-20,38H2,1-5H3,(H2,40,41,42,48)/t25-,30-,31+/m0/s1. The third-order valence-electron chi connectivity index (χ3n) is 9.53. The smallest absolute Gasteiger partial charge is 0.320 e. The summed E-state index contributed by atoms with van der Waals surface area (Å²) in [7, 11) is -3.51. The second-order valence-corrected chi connectivity index (χ2v) is 16.4. The lowest BCUT2D eigenvalue weighted by atomic mass is 9.85. The Kier molecular flexibility index (Phi) is 11.4. The van der Waals surface area contributed by atoms with Gasteiger partial charge < -0.3 is 20.7 Å². The van der Waals surface area contributed by atoms with Gasteiger partial charge in [-0.1, -0.05) is 45.0 Å². The summed E-state index contributed by atoms with van der Waals surface area (Å²) >= 11 is 0. The number of carbonyl (C=O) groups excluding carboxylic acids is 1. The number of amides is 2. The molecule has 1 saturated heterocycles. The van der Waals surface area contributed by atoms with E-state index < -0.39 is 16.1 Å². The van der Waals surface area contributed by atoms with E-state index in [9.17, 15) is 13.2 Å². The maximum atomic E-state index is 13.6.